The first kappa shape index (κ1) is 25.3. The first-order valence-electron chi connectivity index (χ1n) is 11.6. The van der Waals surface area contributed by atoms with Crippen molar-refractivity contribution >= 4 is 6.16 Å². The van der Waals surface area contributed by atoms with Crippen molar-refractivity contribution in [3.05, 3.63) is 0 Å². The number of hydrogen-bond donors (Lipinski definition) is 0. The molecule has 3 heteroatoms. The van der Waals surface area contributed by atoms with Crippen LogP contribution in [-0.2, 0) is 9.47 Å². The topological polar surface area (TPSA) is 35.5 Å². The van der Waals surface area contributed by atoms with Crippen LogP contribution in [0.2, 0.25) is 0 Å². The van der Waals surface area contributed by atoms with Gasteiger partial charge in [-0.05, 0) is 12.8 Å². The van der Waals surface area contributed by atoms with Crippen LogP contribution in [0, 0.1) is 0 Å². The molecule has 0 spiro atoms. The summed E-state index contributed by atoms with van der Waals surface area (Å²) in [5.41, 5.74) is 0. The van der Waals surface area contributed by atoms with Crippen LogP contribution < -0.4 is 0 Å². The average Bonchev–Trinajstić information content (AvgIpc) is 2.64. The van der Waals surface area contributed by atoms with E-state index >= 15 is 0 Å². The minimum Gasteiger partial charge on any atom is -0.434 e. The molecule has 0 aromatic carbocycles. The van der Waals surface area contributed by atoms with Crippen molar-refractivity contribution in [1.82, 2.24) is 0 Å². The van der Waals surface area contributed by atoms with E-state index in [0.717, 1.165) is 25.7 Å². The molecule has 26 heavy (non-hydrogen) atoms. The number of unbranched alkanes of at least 4 members (excludes halogenated alkanes) is 16. The maximum Gasteiger partial charge on any atom is 0.508 e. The van der Waals surface area contributed by atoms with Crippen LogP contribution >= 0.6 is 0 Å². The zero-order valence-electron chi connectivity index (χ0n) is 17.9. The summed E-state index contributed by atoms with van der Waals surface area (Å²) in [7, 11) is 0. The molecule has 156 valence electrons. The Hall–Kier alpha value is -0.730. The predicted octanol–water partition coefficient (Wildman–Crippen LogP) is 8.20. The third-order valence-corrected chi connectivity index (χ3v) is 4.94. The summed E-state index contributed by atoms with van der Waals surface area (Å²) in [6, 6.07) is 0. The van der Waals surface area contributed by atoms with Crippen molar-refractivity contribution in [3.8, 4) is 0 Å². The van der Waals surface area contributed by atoms with Crippen molar-refractivity contribution in [2.24, 2.45) is 0 Å². The highest BCUT2D eigenvalue weighted by Crippen LogP contribution is 2.13. The highest BCUT2D eigenvalue weighted by atomic mass is 16.7. The molecule has 0 aliphatic heterocycles. The smallest absolute Gasteiger partial charge is 0.434 e. The van der Waals surface area contributed by atoms with Crippen molar-refractivity contribution < 1.29 is 14.3 Å². The maximum atomic E-state index is 11.2. The average molecular weight is 371 g/mol. The Morgan fingerprint density at radius 2 is 0.769 bits per heavy atom. The summed E-state index contributed by atoms with van der Waals surface area (Å²) >= 11 is 0. The van der Waals surface area contributed by atoms with E-state index in [1.165, 1.54) is 89.9 Å². The van der Waals surface area contributed by atoms with Crippen LogP contribution in [0.1, 0.15) is 129 Å². The van der Waals surface area contributed by atoms with Gasteiger partial charge in [0.05, 0.1) is 13.2 Å². The molecule has 0 N–H and O–H groups in total. The van der Waals surface area contributed by atoms with Crippen LogP contribution in [0.3, 0.4) is 0 Å². The van der Waals surface area contributed by atoms with Gasteiger partial charge >= 0.3 is 6.16 Å². The molecule has 0 bridgehead atoms. The summed E-state index contributed by atoms with van der Waals surface area (Å²) in [4.78, 5) is 11.2. The van der Waals surface area contributed by atoms with E-state index in [2.05, 4.69) is 13.8 Å². The molecule has 0 atom stereocenters. The van der Waals surface area contributed by atoms with E-state index in [9.17, 15) is 4.79 Å². The molecule has 0 aliphatic carbocycles. The van der Waals surface area contributed by atoms with Gasteiger partial charge in [-0.1, -0.05) is 117 Å². The first-order chi connectivity index (χ1) is 12.8. The number of ether oxygens (including phenoxy) is 2. The Morgan fingerprint density at radius 3 is 1.15 bits per heavy atom. The molecule has 0 aromatic heterocycles. The largest absolute Gasteiger partial charge is 0.508 e. The van der Waals surface area contributed by atoms with Gasteiger partial charge in [0, 0.05) is 0 Å². The van der Waals surface area contributed by atoms with E-state index in [0.29, 0.717) is 13.2 Å². The predicted molar refractivity (Wildman–Crippen MR) is 112 cm³/mol. The monoisotopic (exact) mass is 370 g/mol. The van der Waals surface area contributed by atoms with E-state index in [-0.39, 0.29) is 0 Å². The van der Waals surface area contributed by atoms with Crippen molar-refractivity contribution in [2.45, 2.75) is 129 Å². The van der Waals surface area contributed by atoms with Gasteiger partial charge in [0.15, 0.2) is 0 Å². The maximum absolute atomic E-state index is 11.2. The molecule has 3 nitrogen and oxygen atoms in total. The van der Waals surface area contributed by atoms with Gasteiger partial charge < -0.3 is 9.47 Å². The summed E-state index contributed by atoms with van der Waals surface area (Å²) in [5, 5.41) is 0. The minimum absolute atomic E-state index is 0.480. The van der Waals surface area contributed by atoms with Crippen LogP contribution in [-0.4, -0.2) is 19.4 Å². The number of hydrogen-bond acceptors (Lipinski definition) is 3. The molecule has 0 unspecified atom stereocenters. The number of carbonyl (C=O) groups is 1. The first-order valence-corrected chi connectivity index (χ1v) is 11.6. The highest BCUT2D eigenvalue weighted by Gasteiger charge is 2.02. The molecule has 0 saturated carbocycles. The molecular weight excluding hydrogens is 324 g/mol. The van der Waals surface area contributed by atoms with Crippen LogP contribution in [0.5, 0.6) is 0 Å². The van der Waals surface area contributed by atoms with Crippen molar-refractivity contribution in [2.75, 3.05) is 13.2 Å². The van der Waals surface area contributed by atoms with Gasteiger partial charge in [-0.2, -0.15) is 0 Å². The van der Waals surface area contributed by atoms with E-state index in [4.69, 9.17) is 9.47 Å². The van der Waals surface area contributed by atoms with Gasteiger partial charge in [-0.25, -0.2) is 4.79 Å². The second-order valence-corrected chi connectivity index (χ2v) is 7.60. The Kier molecular flexibility index (Phi) is 21.7. The van der Waals surface area contributed by atoms with E-state index in [1.807, 2.05) is 0 Å². The number of rotatable bonds is 20. The molecule has 0 aliphatic rings. The second-order valence-electron chi connectivity index (χ2n) is 7.60. The van der Waals surface area contributed by atoms with Crippen LogP contribution in [0.4, 0.5) is 4.79 Å². The fraction of sp³-hybridized carbons (Fsp3) is 0.957. The molecule has 0 saturated heterocycles. The number of carbonyl (C=O) groups excluding carboxylic acids is 1. The highest BCUT2D eigenvalue weighted by molar-refractivity contribution is 5.59. The molecule has 0 amide bonds. The van der Waals surface area contributed by atoms with Crippen molar-refractivity contribution in [3.63, 3.8) is 0 Å². The normalized spacial score (nSPS) is 10.8. The minimum atomic E-state index is -0.501. The van der Waals surface area contributed by atoms with E-state index in [1.54, 1.807) is 0 Å². The second kappa shape index (κ2) is 22.3. The SMILES string of the molecule is CCCCCCCCCCCCCCCCCCOC(=O)OCCCC. The van der Waals surface area contributed by atoms with Gasteiger partial charge in [-0.3, -0.25) is 0 Å². The summed E-state index contributed by atoms with van der Waals surface area (Å²) in [6.45, 7) is 5.34. The summed E-state index contributed by atoms with van der Waals surface area (Å²) in [6.07, 6.45) is 23.1. The zero-order chi connectivity index (χ0) is 19.1. The molecule has 0 radical (unpaired) electrons. The summed E-state index contributed by atoms with van der Waals surface area (Å²) < 4.78 is 10.00. The molecule has 0 aromatic rings. The Balaban J connectivity index is 3.06. The molecule has 0 heterocycles. The van der Waals surface area contributed by atoms with Crippen molar-refractivity contribution in [1.29, 1.82) is 0 Å². The molecule has 0 fully saturated rings. The lowest BCUT2D eigenvalue weighted by Crippen LogP contribution is -2.09. The Bertz CT molecular complexity index is 279. The third kappa shape index (κ3) is 21.3. The molecule has 0 rings (SSSR count). The van der Waals surface area contributed by atoms with Crippen LogP contribution in [0.25, 0.3) is 0 Å². The van der Waals surface area contributed by atoms with Crippen LogP contribution in [0.15, 0.2) is 0 Å². The lowest BCUT2D eigenvalue weighted by atomic mass is 10.0. The van der Waals surface area contributed by atoms with Gasteiger partial charge in [0.25, 0.3) is 0 Å². The van der Waals surface area contributed by atoms with Gasteiger partial charge in [0.1, 0.15) is 0 Å². The fourth-order valence-electron chi connectivity index (χ4n) is 3.15. The Labute approximate surface area is 163 Å². The van der Waals surface area contributed by atoms with E-state index < -0.39 is 6.16 Å². The van der Waals surface area contributed by atoms with Gasteiger partial charge in [-0.15, -0.1) is 0 Å². The zero-order valence-corrected chi connectivity index (χ0v) is 17.9. The third-order valence-electron chi connectivity index (χ3n) is 4.94. The van der Waals surface area contributed by atoms with Gasteiger partial charge in [0.2, 0.25) is 0 Å². The quantitative estimate of drug-likeness (QED) is 0.160. The Morgan fingerprint density at radius 1 is 0.462 bits per heavy atom. The fourth-order valence-corrected chi connectivity index (χ4v) is 3.15. The summed E-state index contributed by atoms with van der Waals surface area (Å²) in [5.74, 6) is 0. The lowest BCUT2D eigenvalue weighted by molar-refractivity contribution is 0.0532. The lowest BCUT2D eigenvalue weighted by Gasteiger charge is -2.06. The molecular formula is C23H46O3. The standard InChI is InChI=1S/C23H46O3/c1-3-5-7-8-9-10-11-12-13-14-15-16-17-18-19-20-22-26-23(24)25-21-6-4-2/h3-22H2,1-2H3.